The molecule has 2 aliphatic heterocycles. The van der Waals surface area contributed by atoms with Crippen LogP contribution in [0.15, 0.2) is 48.5 Å². The lowest BCUT2D eigenvalue weighted by molar-refractivity contribution is -0.129. The highest BCUT2D eigenvalue weighted by Gasteiger charge is 2.60. The summed E-state index contributed by atoms with van der Waals surface area (Å²) in [6.45, 7) is 0. The number of benzene rings is 2. The van der Waals surface area contributed by atoms with E-state index < -0.39 is 47.3 Å². The van der Waals surface area contributed by atoms with E-state index in [1.807, 2.05) is 0 Å². The molecule has 4 unspecified atom stereocenters. The van der Waals surface area contributed by atoms with Gasteiger partial charge in [-0.1, -0.05) is 24.3 Å². The standard InChI is InChI=1S/C22H18N2O6/c25-17-7-3-1-5-15(17)23-19(27)11-9-13-14(10-12(11)20(23)28)22(30)24(21(13)29)16-6-2-4-8-18(16)26/h1-8,11-14,25-26H,9-10H2. The van der Waals surface area contributed by atoms with Gasteiger partial charge in [0.05, 0.1) is 35.0 Å². The number of amides is 4. The molecule has 0 spiro atoms. The maximum Gasteiger partial charge on any atom is 0.237 e. The molecule has 2 saturated heterocycles. The first-order chi connectivity index (χ1) is 14.4. The summed E-state index contributed by atoms with van der Waals surface area (Å²) in [7, 11) is 0. The lowest BCUT2D eigenvalue weighted by atomic mass is 9.70. The summed E-state index contributed by atoms with van der Waals surface area (Å²) in [6.07, 6.45) is 0.164. The largest absolute Gasteiger partial charge is 0.506 e. The van der Waals surface area contributed by atoms with Crippen molar-refractivity contribution in [2.45, 2.75) is 12.8 Å². The average Bonchev–Trinajstić information content (AvgIpc) is 3.12. The zero-order valence-electron chi connectivity index (χ0n) is 15.8. The van der Waals surface area contributed by atoms with Crippen LogP contribution in [0.2, 0.25) is 0 Å². The summed E-state index contributed by atoms with van der Waals surface area (Å²) in [4.78, 5) is 54.1. The van der Waals surface area contributed by atoms with Crippen LogP contribution in [0, 0.1) is 23.7 Å². The van der Waals surface area contributed by atoms with E-state index in [0.29, 0.717) is 0 Å². The fourth-order valence-corrected chi connectivity index (χ4v) is 4.96. The monoisotopic (exact) mass is 406 g/mol. The molecule has 152 valence electrons. The molecule has 4 amide bonds. The van der Waals surface area contributed by atoms with Crippen molar-refractivity contribution in [2.75, 3.05) is 9.80 Å². The van der Waals surface area contributed by atoms with Crippen LogP contribution in [-0.4, -0.2) is 33.8 Å². The van der Waals surface area contributed by atoms with Gasteiger partial charge in [-0.25, -0.2) is 9.80 Å². The van der Waals surface area contributed by atoms with Gasteiger partial charge < -0.3 is 10.2 Å². The Hall–Kier alpha value is -3.68. The first kappa shape index (κ1) is 18.4. The van der Waals surface area contributed by atoms with Gasteiger partial charge in [0.1, 0.15) is 11.5 Å². The first-order valence-electron chi connectivity index (χ1n) is 9.71. The number of anilines is 2. The van der Waals surface area contributed by atoms with Crippen LogP contribution in [0.1, 0.15) is 12.8 Å². The molecule has 2 N–H and O–H groups in total. The lowest BCUT2D eigenvalue weighted by Crippen LogP contribution is -2.35. The van der Waals surface area contributed by atoms with Gasteiger partial charge in [-0.3, -0.25) is 19.2 Å². The molecular formula is C22H18N2O6. The Bertz CT molecular complexity index is 985. The smallest absolute Gasteiger partial charge is 0.237 e. The number of fused-ring (bicyclic) bond motifs is 2. The predicted molar refractivity (Wildman–Crippen MR) is 104 cm³/mol. The van der Waals surface area contributed by atoms with E-state index in [0.717, 1.165) is 9.80 Å². The molecule has 2 heterocycles. The Labute approximate surface area is 171 Å². The second kappa shape index (κ2) is 6.41. The van der Waals surface area contributed by atoms with E-state index in [4.69, 9.17) is 0 Å². The molecule has 3 aliphatic rings. The average molecular weight is 406 g/mol. The van der Waals surface area contributed by atoms with Crippen molar-refractivity contribution in [1.82, 2.24) is 0 Å². The van der Waals surface area contributed by atoms with Gasteiger partial charge in [0.15, 0.2) is 0 Å². The van der Waals surface area contributed by atoms with Crippen LogP contribution in [0.4, 0.5) is 11.4 Å². The molecule has 5 rings (SSSR count). The lowest BCUT2D eigenvalue weighted by Gasteiger charge is -2.28. The van der Waals surface area contributed by atoms with Gasteiger partial charge in [-0.15, -0.1) is 0 Å². The van der Waals surface area contributed by atoms with Crippen molar-refractivity contribution in [3.05, 3.63) is 48.5 Å². The normalized spacial score (nSPS) is 28.1. The fraction of sp³-hybridized carbons (Fsp3) is 0.273. The topological polar surface area (TPSA) is 115 Å². The maximum absolute atomic E-state index is 13.0. The highest BCUT2D eigenvalue weighted by molar-refractivity contribution is 6.26. The van der Waals surface area contributed by atoms with Gasteiger partial charge in [0.25, 0.3) is 0 Å². The zero-order valence-corrected chi connectivity index (χ0v) is 15.8. The summed E-state index contributed by atoms with van der Waals surface area (Å²) >= 11 is 0. The van der Waals surface area contributed by atoms with Crippen LogP contribution >= 0.6 is 0 Å². The highest BCUT2D eigenvalue weighted by atomic mass is 16.3. The van der Waals surface area contributed by atoms with Crippen LogP contribution < -0.4 is 9.80 Å². The minimum absolute atomic E-state index is 0.0820. The Balaban J connectivity index is 1.47. The number of imide groups is 2. The number of phenolic OH excluding ortho intramolecular Hbond substituents is 2. The van der Waals surface area contributed by atoms with Crippen molar-refractivity contribution in [1.29, 1.82) is 0 Å². The molecule has 0 radical (unpaired) electrons. The molecule has 30 heavy (non-hydrogen) atoms. The van der Waals surface area contributed by atoms with Crippen molar-refractivity contribution in [3.63, 3.8) is 0 Å². The molecule has 2 aromatic carbocycles. The van der Waals surface area contributed by atoms with Gasteiger partial charge in [0.2, 0.25) is 23.6 Å². The minimum Gasteiger partial charge on any atom is -0.506 e. The Kier molecular flexibility index (Phi) is 3.92. The van der Waals surface area contributed by atoms with E-state index >= 15 is 0 Å². The summed E-state index contributed by atoms with van der Waals surface area (Å²) in [5.41, 5.74) is 0.223. The molecule has 0 bridgehead atoms. The molecular weight excluding hydrogens is 388 g/mol. The van der Waals surface area contributed by atoms with Gasteiger partial charge in [-0.05, 0) is 37.1 Å². The van der Waals surface area contributed by atoms with Gasteiger partial charge in [0, 0.05) is 0 Å². The van der Waals surface area contributed by atoms with Crippen LogP contribution in [0.3, 0.4) is 0 Å². The van der Waals surface area contributed by atoms with Gasteiger partial charge >= 0.3 is 0 Å². The van der Waals surface area contributed by atoms with Crippen molar-refractivity contribution >= 4 is 35.0 Å². The van der Waals surface area contributed by atoms with Crippen LogP contribution in [-0.2, 0) is 19.2 Å². The number of carbonyl (C=O) groups is 4. The molecule has 1 aliphatic carbocycles. The van der Waals surface area contributed by atoms with E-state index in [9.17, 15) is 29.4 Å². The maximum atomic E-state index is 13.0. The number of rotatable bonds is 2. The minimum atomic E-state index is -0.723. The number of para-hydroxylation sites is 4. The third-order valence-electron chi connectivity index (χ3n) is 6.38. The van der Waals surface area contributed by atoms with E-state index in [2.05, 4.69) is 0 Å². The molecule has 0 aromatic heterocycles. The third-order valence-corrected chi connectivity index (χ3v) is 6.38. The number of nitrogens with zero attached hydrogens (tertiary/aromatic N) is 2. The summed E-state index contributed by atoms with van der Waals surface area (Å²) in [6, 6.07) is 12.2. The van der Waals surface area contributed by atoms with E-state index in [1.165, 1.54) is 24.3 Å². The first-order valence-corrected chi connectivity index (χ1v) is 9.71. The highest BCUT2D eigenvalue weighted by Crippen LogP contribution is 2.50. The summed E-state index contributed by atoms with van der Waals surface area (Å²) < 4.78 is 0. The molecule has 3 fully saturated rings. The third kappa shape index (κ3) is 2.39. The molecule has 1 saturated carbocycles. The number of aromatic hydroxyl groups is 2. The molecule has 2 aromatic rings. The Morgan fingerprint density at radius 2 is 0.867 bits per heavy atom. The summed E-state index contributed by atoms with van der Waals surface area (Å²) in [5, 5.41) is 20.2. The zero-order chi connectivity index (χ0) is 21.2. The molecule has 4 atom stereocenters. The second-order valence-electron chi connectivity index (χ2n) is 7.90. The van der Waals surface area contributed by atoms with E-state index in [1.54, 1.807) is 24.3 Å². The fourth-order valence-electron chi connectivity index (χ4n) is 4.96. The quantitative estimate of drug-likeness (QED) is 0.735. The number of phenols is 2. The number of hydrogen-bond acceptors (Lipinski definition) is 6. The van der Waals surface area contributed by atoms with E-state index in [-0.39, 0.29) is 35.7 Å². The molecule has 8 heteroatoms. The Morgan fingerprint density at radius 1 is 0.567 bits per heavy atom. The SMILES string of the molecule is O=C1C2CC3C(=O)N(c4ccccc4O)C(=O)C3CC2C(=O)N1c1ccccc1O. The number of carbonyl (C=O) groups excluding carboxylic acids is 4. The van der Waals surface area contributed by atoms with Crippen LogP contribution in [0.5, 0.6) is 11.5 Å². The van der Waals surface area contributed by atoms with Crippen molar-refractivity contribution < 1.29 is 29.4 Å². The second-order valence-corrected chi connectivity index (χ2v) is 7.90. The van der Waals surface area contributed by atoms with Crippen LogP contribution in [0.25, 0.3) is 0 Å². The number of hydrogen-bond donors (Lipinski definition) is 2. The predicted octanol–water partition coefficient (Wildman–Crippen LogP) is 1.80. The van der Waals surface area contributed by atoms with Crippen molar-refractivity contribution in [3.8, 4) is 11.5 Å². The summed E-state index contributed by atoms with van der Waals surface area (Å²) in [5.74, 6) is -5.13. The Morgan fingerprint density at radius 3 is 1.17 bits per heavy atom. The molecule has 8 nitrogen and oxygen atoms in total. The van der Waals surface area contributed by atoms with Gasteiger partial charge in [-0.2, -0.15) is 0 Å². The van der Waals surface area contributed by atoms with Crippen molar-refractivity contribution in [2.24, 2.45) is 23.7 Å².